The van der Waals surface area contributed by atoms with Crippen molar-refractivity contribution in [3.8, 4) is 0 Å². The predicted octanol–water partition coefficient (Wildman–Crippen LogP) is 3.06. The Morgan fingerprint density at radius 3 is 2.59 bits per heavy atom. The van der Waals surface area contributed by atoms with Gasteiger partial charge in [-0.15, -0.1) is 4.72 Å². The molecule has 0 bridgehead atoms. The summed E-state index contributed by atoms with van der Waals surface area (Å²) in [5.74, 6) is 2.06. The van der Waals surface area contributed by atoms with E-state index in [1.807, 2.05) is 18.5 Å². The monoisotopic (exact) mass is 521 g/mol. The number of aryl methyl sites for hydroxylation is 1. The van der Waals surface area contributed by atoms with Crippen molar-refractivity contribution in [3.05, 3.63) is 29.3 Å². The minimum atomic E-state index is -1.31. The third kappa shape index (κ3) is 5.39. The molecule has 1 atom stereocenters. The third-order valence-corrected chi connectivity index (χ3v) is 9.00. The average molecular weight is 522 g/mol. The number of nitrogens with zero attached hydrogens (tertiary/aromatic N) is 6. The summed E-state index contributed by atoms with van der Waals surface area (Å²) in [7, 11) is 0. The second-order valence-electron chi connectivity index (χ2n) is 8.49. The summed E-state index contributed by atoms with van der Waals surface area (Å²) in [5, 5.41) is 0.206. The van der Waals surface area contributed by atoms with Crippen LogP contribution >= 0.6 is 22.9 Å². The highest BCUT2D eigenvalue weighted by Gasteiger charge is 2.26. The number of halogens is 1. The Kier molecular flexibility index (Phi) is 7.67. The minimum absolute atomic E-state index is 0.206. The molecular weight excluding hydrogens is 494 g/mol. The van der Waals surface area contributed by atoms with Crippen LogP contribution in [0.15, 0.2) is 22.7 Å². The summed E-state index contributed by atoms with van der Waals surface area (Å²) >= 11 is 6.34. The van der Waals surface area contributed by atoms with E-state index in [9.17, 15) is 4.55 Å². The number of thiophene rings is 1. The van der Waals surface area contributed by atoms with Crippen LogP contribution in [0.2, 0.25) is 5.28 Å². The molecule has 0 saturated carbocycles. The summed E-state index contributed by atoms with van der Waals surface area (Å²) in [6.07, 6.45) is 6.78. The first-order valence-corrected chi connectivity index (χ1v) is 14.0. The van der Waals surface area contributed by atoms with Crippen molar-refractivity contribution in [2.45, 2.75) is 30.4 Å². The Morgan fingerprint density at radius 2 is 1.88 bits per heavy atom. The van der Waals surface area contributed by atoms with Gasteiger partial charge in [-0.3, -0.25) is 0 Å². The van der Waals surface area contributed by atoms with Gasteiger partial charge in [-0.25, -0.2) is 15.0 Å². The molecule has 1 N–H and O–H groups in total. The molecule has 0 radical (unpaired) electrons. The number of ether oxygens (including phenoxy) is 1. The number of morpholine rings is 1. The third-order valence-electron chi connectivity index (χ3n) is 6.30. The summed E-state index contributed by atoms with van der Waals surface area (Å²) < 4.78 is 23.4. The number of rotatable bonds is 7. The first-order chi connectivity index (χ1) is 16.6. The molecule has 9 nitrogen and oxygen atoms in total. The Bertz CT molecular complexity index is 1100. The fraction of sp³-hybridized carbons (Fsp3) is 0.545. The van der Waals surface area contributed by atoms with Gasteiger partial charge in [-0.1, -0.05) is 18.3 Å². The van der Waals surface area contributed by atoms with Crippen LogP contribution in [0.5, 0.6) is 0 Å². The number of hydrogen-bond acceptors (Lipinski definition) is 10. The minimum Gasteiger partial charge on any atom is -0.592 e. The van der Waals surface area contributed by atoms with E-state index in [-0.39, 0.29) is 5.28 Å². The molecule has 34 heavy (non-hydrogen) atoms. The molecule has 5 rings (SSSR count). The molecule has 0 amide bonds. The standard InChI is InChI=1S/C22H28ClN7O2S2/c1-2-15-12-24-22(25-13-15)30-5-3-16(4-6-30)14-26-34(31)18-11-17-19(33-18)20(28-21(23)27-17)29-7-9-32-10-8-29/h11-13,16,26H,2-10,14H2,1H3. The number of hydrogen-bond donors (Lipinski definition) is 1. The zero-order valence-corrected chi connectivity index (χ0v) is 21.5. The maximum Gasteiger partial charge on any atom is 0.230 e. The van der Waals surface area contributed by atoms with E-state index >= 15 is 0 Å². The van der Waals surface area contributed by atoms with E-state index < -0.39 is 11.4 Å². The first-order valence-electron chi connectivity index (χ1n) is 11.6. The first kappa shape index (κ1) is 24.0. The van der Waals surface area contributed by atoms with Gasteiger partial charge in [-0.05, 0) is 42.3 Å². The summed E-state index contributed by atoms with van der Waals surface area (Å²) in [6, 6.07) is 1.86. The highest BCUT2D eigenvalue weighted by atomic mass is 35.5. The summed E-state index contributed by atoms with van der Waals surface area (Å²) in [4.78, 5) is 22.2. The molecule has 3 aromatic rings. The van der Waals surface area contributed by atoms with Gasteiger partial charge in [0.25, 0.3) is 0 Å². The lowest BCUT2D eigenvalue weighted by atomic mass is 9.97. The lowest BCUT2D eigenvalue weighted by Gasteiger charge is -2.31. The second-order valence-corrected chi connectivity index (χ2v) is 11.4. The highest BCUT2D eigenvalue weighted by molar-refractivity contribution is 7.91. The van der Waals surface area contributed by atoms with Crippen LogP contribution in [0, 0.1) is 5.92 Å². The van der Waals surface area contributed by atoms with Crippen LogP contribution in [0.25, 0.3) is 10.2 Å². The molecule has 0 spiro atoms. The molecule has 2 aliphatic heterocycles. The van der Waals surface area contributed by atoms with Crippen LogP contribution in [0.4, 0.5) is 11.8 Å². The van der Waals surface area contributed by atoms with E-state index in [0.717, 1.165) is 77.2 Å². The van der Waals surface area contributed by atoms with Crippen LogP contribution in [0.1, 0.15) is 25.3 Å². The molecule has 0 aromatic carbocycles. The zero-order valence-electron chi connectivity index (χ0n) is 19.1. The van der Waals surface area contributed by atoms with E-state index in [0.29, 0.717) is 25.7 Å². The number of fused-ring (bicyclic) bond motifs is 1. The maximum absolute atomic E-state index is 13.0. The number of anilines is 2. The van der Waals surface area contributed by atoms with E-state index in [4.69, 9.17) is 16.3 Å². The molecule has 1 unspecified atom stereocenters. The van der Waals surface area contributed by atoms with Crippen molar-refractivity contribution in [2.24, 2.45) is 5.92 Å². The van der Waals surface area contributed by atoms with Gasteiger partial charge in [0.15, 0.2) is 5.82 Å². The number of nitrogens with one attached hydrogen (secondary N) is 1. The van der Waals surface area contributed by atoms with E-state index in [2.05, 4.69) is 41.4 Å². The molecule has 2 aliphatic rings. The van der Waals surface area contributed by atoms with Crippen LogP contribution in [0.3, 0.4) is 0 Å². The van der Waals surface area contributed by atoms with Crippen LogP contribution < -0.4 is 14.5 Å². The van der Waals surface area contributed by atoms with Crippen molar-refractivity contribution in [3.63, 3.8) is 0 Å². The topological polar surface area (TPSA) is 102 Å². The highest BCUT2D eigenvalue weighted by Crippen LogP contribution is 2.35. The Labute approximate surface area is 211 Å². The van der Waals surface area contributed by atoms with Gasteiger partial charge >= 0.3 is 0 Å². The van der Waals surface area contributed by atoms with Crippen molar-refractivity contribution >= 4 is 56.3 Å². The van der Waals surface area contributed by atoms with Crippen molar-refractivity contribution in [1.29, 1.82) is 0 Å². The molecular formula is C22H28ClN7O2S2. The van der Waals surface area contributed by atoms with Gasteiger partial charge in [0.05, 0.1) is 30.1 Å². The lowest BCUT2D eigenvalue weighted by Crippen LogP contribution is -2.39. The summed E-state index contributed by atoms with van der Waals surface area (Å²) in [6.45, 7) is 7.44. The van der Waals surface area contributed by atoms with E-state index in [1.165, 1.54) is 11.3 Å². The maximum atomic E-state index is 13.0. The average Bonchev–Trinajstić information content (AvgIpc) is 3.32. The van der Waals surface area contributed by atoms with Crippen molar-refractivity contribution in [2.75, 3.05) is 55.7 Å². The van der Waals surface area contributed by atoms with Crippen LogP contribution in [-0.2, 0) is 22.5 Å². The fourth-order valence-corrected chi connectivity index (χ4v) is 6.74. The SMILES string of the molecule is CCc1cnc(N2CCC(CN[S+]([O-])c3cc4nc(Cl)nc(N5CCOCC5)c4s3)CC2)nc1. The van der Waals surface area contributed by atoms with Gasteiger partial charge in [0.2, 0.25) is 15.4 Å². The van der Waals surface area contributed by atoms with Gasteiger partial charge in [0, 0.05) is 51.2 Å². The number of piperidine rings is 1. The lowest BCUT2D eigenvalue weighted by molar-refractivity contribution is 0.122. The molecule has 0 aliphatic carbocycles. The van der Waals surface area contributed by atoms with E-state index in [1.54, 1.807) is 0 Å². The van der Waals surface area contributed by atoms with Crippen molar-refractivity contribution < 1.29 is 9.29 Å². The molecule has 12 heteroatoms. The Hall–Kier alpha value is -1.76. The van der Waals surface area contributed by atoms with Crippen molar-refractivity contribution in [1.82, 2.24) is 24.7 Å². The number of aromatic nitrogens is 4. The Morgan fingerprint density at radius 1 is 1.15 bits per heavy atom. The predicted molar refractivity (Wildman–Crippen MR) is 136 cm³/mol. The quantitative estimate of drug-likeness (QED) is 0.371. The zero-order chi connectivity index (χ0) is 23.5. The molecule has 5 heterocycles. The fourth-order valence-electron chi connectivity index (χ4n) is 4.24. The normalized spacial score (nSPS) is 18.6. The molecule has 182 valence electrons. The largest absolute Gasteiger partial charge is 0.592 e. The van der Waals surface area contributed by atoms with Gasteiger partial charge in [-0.2, -0.15) is 4.98 Å². The van der Waals surface area contributed by atoms with Gasteiger partial charge < -0.3 is 19.1 Å². The smallest absolute Gasteiger partial charge is 0.230 e. The molecule has 3 aromatic heterocycles. The molecule has 2 saturated heterocycles. The molecule has 2 fully saturated rings. The Balaban J connectivity index is 1.18. The summed E-state index contributed by atoms with van der Waals surface area (Å²) in [5.41, 5.74) is 1.89. The van der Waals surface area contributed by atoms with Gasteiger partial charge in [0.1, 0.15) is 4.70 Å². The second kappa shape index (κ2) is 10.9. The van der Waals surface area contributed by atoms with Crippen LogP contribution in [-0.4, -0.2) is 70.4 Å².